The van der Waals surface area contributed by atoms with E-state index in [1.807, 2.05) is 24.3 Å². The molecule has 27 heavy (non-hydrogen) atoms. The highest BCUT2D eigenvalue weighted by Crippen LogP contribution is 2.23. The summed E-state index contributed by atoms with van der Waals surface area (Å²) in [5, 5.41) is 2.83. The minimum atomic E-state index is -0.663. The second-order valence-corrected chi connectivity index (χ2v) is 6.10. The van der Waals surface area contributed by atoms with Crippen molar-refractivity contribution in [1.29, 1.82) is 0 Å². The van der Waals surface area contributed by atoms with E-state index < -0.39 is 6.67 Å². The predicted molar refractivity (Wildman–Crippen MR) is 101 cm³/mol. The van der Waals surface area contributed by atoms with Gasteiger partial charge >= 0.3 is 0 Å². The molecule has 1 N–H and O–H groups in total. The summed E-state index contributed by atoms with van der Waals surface area (Å²) in [6.07, 6.45) is 0.665. The summed E-state index contributed by atoms with van der Waals surface area (Å²) in [7, 11) is 0. The Morgan fingerprint density at radius 2 is 1.52 bits per heavy atom. The number of carbonyl (C=O) groups is 1. The standard InChI is InChI=1S/C22H19F2NO2/c23-15-19-3-1-2-4-21(19)22(26)25-14-13-16-5-7-17(8-6-16)18-9-11-20(27-24)12-10-18/h1-12H,13-15H2,(H,25,26). The van der Waals surface area contributed by atoms with Crippen molar-refractivity contribution in [3.8, 4) is 16.9 Å². The SMILES string of the molecule is O=C(NCCc1ccc(-c2ccc(OF)cc2)cc1)c1ccccc1CF. The van der Waals surface area contributed by atoms with Crippen molar-refractivity contribution >= 4 is 5.91 Å². The zero-order chi connectivity index (χ0) is 19.1. The number of rotatable bonds is 7. The first kappa shape index (κ1) is 18.6. The van der Waals surface area contributed by atoms with Crippen LogP contribution in [-0.4, -0.2) is 12.5 Å². The van der Waals surface area contributed by atoms with Crippen LogP contribution in [0.25, 0.3) is 11.1 Å². The van der Waals surface area contributed by atoms with Crippen LogP contribution in [0.3, 0.4) is 0 Å². The van der Waals surface area contributed by atoms with Crippen LogP contribution in [0, 0.1) is 0 Å². The van der Waals surface area contributed by atoms with Crippen LogP contribution < -0.4 is 10.3 Å². The van der Waals surface area contributed by atoms with Crippen LogP contribution in [0.2, 0.25) is 0 Å². The summed E-state index contributed by atoms with van der Waals surface area (Å²) in [6, 6.07) is 21.3. The van der Waals surface area contributed by atoms with Gasteiger partial charge in [0.1, 0.15) is 6.67 Å². The molecular weight excluding hydrogens is 348 g/mol. The highest BCUT2D eigenvalue weighted by Gasteiger charge is 2.10. The molecule has 3 rings (SSSR count). The Kier molecular flexibility index (Phi) is 6.15. The first-order chi connectivity index (χ1) is 13.2. The molecule has 0 unspecified atom stereocenters. The van der Waals surface area contributed by atoms with Gasteiger partial charge in [-0.2, -0.15) is 0 Å². The molecule has 0 bridgehead atoms. The molecule has 3 aromatic carbocycles. The Morgan fingerprint density at radius 3 is 2.15 bits per heavy atom. The Morgan fingerprint density at radius 1 is 0.889 bits per heavy atom. The third kappa shape index (κ3) is 4.70. The van der Waals surface area contributed by atoms with Gasteiger partial charge in [-0.1, -0.05) is 54.6 Å². The zero-order valence-corrected chi connectivity index (χ0v) is 14.6. The first-order valence-electron chi connectivity index (χ1n) is 8.61. The number of hydrogen-bond donors (Lipinski definition) is 1. The van der Waals surface area contributed by atoms with Gasteiger partial charge in [-0.25, -0.2) is 4.39 Å². The fourth-order valence-corrected chi connectivity index (χ4v) is 2.84. The van der Waals surface area contributed by atoms with E-state index in [1.165, 1.54) is 0 Å². The van der Waals surface area contributed by atoms with E-state index in [2.05, 4.69) is 10.3 Å². The van der Waals surface area contributed by atoms with Gasteiger partial charge in [0.2, 0.25) is 0 Å². The third-order valence-electron chi connectivity index (χ3n) is 4.34. The summed E-state index contributed by atoms with van der Waals surface area (Å²) in [5.74, 6) is -0.101. The average molecular weight is 367 g/mol. The molecule has 0 atom stereocenters. The van der Waals surface area contributed by atoms with E-state index in [0.29, 0.717) is 24.1 Å². The summed E-state index contributed by atoms with van der Waals surface area (Å²) in [4.78, 5) is 15.9. The number of halogens is 2. The maximum atomic E-state index is 12.9. The highest BCUT2D eigenvalue weighted by molar-refractivity contribution is 5.95. The molecule has 0 aliphatic carbocycles. The number of carbonyl (C=O) groups excluding carboxylic acids is 1. The minimum Gasteiger partial charge on any atom is -0.352 e. The zero-order valence-electron chi connectivity index (χ0n) is 14.6. The summed E-state index contributed by atoms with van der Waals surface area (Å²) in [6.45, 7) is -0.204. The monoisotopic (exact) mass is 367 g/mol. The molecule has 0 radical (unpaired) electrons. The van der Waals surface area contributed by atoms with Crippen molar-refractivity contribution in [2.75, 3.05) is 6.54 Å². The van der Waals surface area contributed by atoms with Crippen LogP contribution in [0.5, 0.6) is 5.75 Å². The molecule has 0 saturated carbocycles. The van der Waals surface area contributed by atoms with Gasteiger partial charge in [-0.3, -0.25) is 9.74 Å². The van der Waals surface area contributed by atoms with E-state index >= 15 is 0 Å². The molecule has 0 spiro atoms. The quantitative estimate of drug-likeness (QED) is 0.634. The van der Waals surface area contributed by atoms with Crippen molar-refractivity contribution in [3.63, 3.8) is 0 Å². The lowest BCUT2D eigenvalue weighted by atomic mass is 10.0. The maximum Gasteiger partial charge on any atom is 0.251 e. The lowest BCUT2D eigenvalue weighted by molar-refractivity contribution is -0.00618. The van der Waals surface area contributed by atoms with Crippen LogP contribution in [-0.2, 0) is 13.1 Å². The summed E-state index contributed by atoms with van der Waals surface area (Å²) in [5.41, 5.74) is 3.80. The van der Waals surface area contributed by atoms with Gasteiger partial charge in [0.05, 0.1) is 0 Å². The predicted octanol–water partition coefficient (Wildman–Crippen LogP) is 5.06. The Balaban J connectivity index is 1.56. The molecule has 1 amide bonds. The Hall–Kier alpha value is -3.21. The molecule has 5 heteroatoms. The number of benzene rings is 3. The van der Waals surface area contributed by atoms with E-state index in [0.717, 1.165) is 16.7 Å². The average Bonchev–Trinajstić information content (AvgIpc) is 2.74. The van der Waals surface area contributed by atoms with E-state index in [9.17, 15) is 13.7 Å². The molecule has 0 fully saturated rings. The van der Waals surface area contributed by atoms with Gasteiger partial charge in [-0.05, 0) is 46.9 Å². The van der Waals surface area contributed by atoms with Crippen LogP contribution in [0.4, 0.5) is 8.92 Å². The number of hydrogen-bond acceptors (Lipinski definition) is 2. The van der Waals surface area contributed by atoms with Crippen molar-refractivity contribution in [1.82, 2.24) is 5.32 Å². The first-order valence-corrected chi connectivity index (χ1v) is 8.61. The van der Waals surface area contributed by atoms with Gasteiger partial charge < -0.3 is 5.32 Å². The number of amides is 1. The molecule has 0 heterocycles. The summed E-state index contributed by atoms with van der Waals surface area (Å²) >= 11 is 0. The number of nitrogens with one attached hydrogen (secondary N) is 1. The molecule has 0 aliphatic rings. The Bertz CT molecular complexity index is 893. The summed E-state index contributed by atoms with van der Waals surface area (Å²) < 4.78 is 25.0. The van der Waals surface area contributed by atoms with Crippen molar-refractivity contribution in [3.05, 3.63) is 89.5 Å². The lowest BCUT2D eigenvalue weighted by Crippen LogP contribution is -2.26. The topological polar surface area (TPSA) is 38.3 Å². The van der Waals surface area contributed by atoms with Crippen molar-refractivity contribution < 1.29 is 18.7 Å². The highest BCUT2D eigenvalue weighted by atomic mass is 19.3. The van der Waals surface area contributed by atoms with E-state index in [4.69, 9.17) is 0 Å². The fourth-order valence-electron chi connectivity index (χ4n) is 2.84. The van der Waals surface area contributed by atoms with Gasteiger partial charge in [-0.15, -0.1) is 0 Å². The second kappa shape index (κ2) is 8.94. The third-order valence-corrected chi connectivity index (χ3v) is 4.34. The van der Waals surface area contributed by atoms with Crippen LogP contribution in [0.1, 0.15) is 21.5 Å². The largest absolute Gasteiger partial charge is 0.352 e. The van der Waals surface area contributed by atoms with Crippen molar-refractivity contribution in [2.24, 2.45) is 0 Å². The van der Waals surface area contributed by atoms with Gasteiger partial charge in [0, 0.05) is 16.6 Å². The molecule has 0 aliphatic heterocycles. The Labute approximate surface area is 156 Å². The van der Waals surface area contributed by atoms with E-state index in [-0.39, 0.29) is 11.7 Å². The maximum absolute atomic E-state index is 12.9. The smallest absolute Gasteiger partial charge is 0.251 e. The molecule has 0 saturated heterocycles. The van der Waals surface area contributed by atoms with Gasteiger partial charge in [0.25, 0.3) is 5.91 Å². The fraction of sp³-hybridized carbons (Fsp3) is 0.136. The van der Waals surface area contributed by atoms with E-state index in [1.54, 1.807) is 48.5 Å². The lowest BCUT2D eigenvalue weighted by Gasteiger charge is -2.09. The van der Waals surface area contributed by atoms with Crippen LogP contribution >= 0.6 is 0 Å². The van der Waals surface area contributed by atoms with Gasteiger partial charge in [0.15, 0.2) is 5.75 Å². The second-order valence-electron chi connectivity index (χ2n) is 6.10. The molecular formula is C22H19F2NO2. The molecule has 0 aromatic heterocycles. The van der Waals surface area contributed by atoms with Crippen LogP contribution in [0.15, 0.2) is 72.8 Å². The number of alkyl halides is 1. The molecule has 3 aromatic rings. The normalized spacial score (nSPS) is 10.4. The molecule has 138 valence electrons. The van der Waals surface area contributed by atoms with Crippen molar-refractivity contribution in [2.45, 2.75) is 13.1 Å². The minimum absolute atomic E-state index is 0.167. The molecule has 3 nitrogen and oxygen atoms in total.